The molecule has 1 aromatic rings. The van der Waals surface area contributed by atoms with Gasteiger partial charge in [-0.25, -0.2) is 9.78 Å². The Balaban J connectivity index is 2.21. The summed E-state index contributed by atoms with van der Waals surface area (Å²) in [4.78, 5) is 18.7. The lowest BCUT2D eigenvalue weighted by atomic mass is 10.1. The molecule has 0 aliphatic carbocycles. The zero-order chi connectivity index (χ0) is 13.3. The maximum atomic E-state index is 11.6. The number of esters is 1. The molecule has 5 nitrogen and oxygen atoms in total. The molecule has 2 unspecified atom stereocenters. The number of methoxy groups -OCH3 is 1. The summed E-state index contributed by atoms with van der Waals surface area (Å²) >= 11 is 1.37. The van der Waals surface area contributed by atoms with Crippen molar-refractivity contribution in [2.75, 3.05) is 25.7 Å². The lowest BCUT2D eigenvalue weighted by Crippen LogP contribution is -2.36. The van der Waals surface area contributed by atoms with Crippen molar-refractivity contribution < 1.29 is 14.3 Å². The van der Waals surface area contributed by atoms with E-state index in [4.69, 9.17) is 9.47 Å². The molecule has 0 aromatic carbocycles. The number of anilines is 1. The quantitative estimate of drug-likeness (QED) is 0.785. The van der Waals surface area contributed by atoms with Crippen molar-refractivity contribution in [1.82, 2.24) is 4.98 Å². The minimum Gasteiger partial charge on any atom is -0.465 e. The van der Waals surface area contributed by atoms with Crippen LogP contribution < -0.4 is 4.90 Å². The van der Waals surface area contributed by atoms with Gasteiger partial charge in [0.2, 0.25) is 0 Å². The smallest absolute Gasteiger partial charge is 0.350 e. The van der Waals surface area contributed by atoms with Crippen molar-refractivity contribution >= 4 is 22.4 Å². The number of likely N-dealkylation sites (N-methyl/N-ethyl adjacent to an activating group) is 1. The van der Waals surface area contributed by atoms with Crippen molar-refractivity contribution in [2.45, 2.75) is 32.4 Å². The molecule has 6 heteroatoms. The number of ether oxygens (including phenoxy) is 2. The summed E-state index contributed by atoms with van der Waals surface area (Å²) < 4.78 is 10.3. The molecule has 2 heterocycles. The Bertz CT molecular complexity index is 447. The van der Waals surface area contributed by atoms with Crippen LogP contribution in [0.2, 0.25) is 0 Å². The van der Waals surface area contributed by atoms with Crippen molar-refractivity contribution in [2.24, 2.45) is 0 Å². The first-order chi connectivity index (χ1) is 8.54. The van der Waals surface area contributed by atoms with E-state index in [0.717, 1.165) is 23.9 Å². The summed E-state index contributed by atoms with van der Waals surface area (Å²) in [6.45, 7) is 4.68. The van der Waals surface area contributed by atoms with Gasteiger partial charge in [-0.2, -0.15) is 0 Å². The topological polar surface area (TPSA) is 51.7 Å². The van der Waals surface area contributed by atoms with Gasteiger partial charge in [-0.3, -0.25) is 0 Å². The van der Waals surface area contributed by atoms with Crippen LogP contribution in [-0.2, 0) is 9.47 Å². The van der Waals surface area contributed by atoms with E-state index >= 15 is 0 Å². The molecule has 18 heavy (non-hydrogen) atoms. The van der Waals surface area contributed by atoms with Gasteiger partial charge in [0.25, 0.3) is 0 Å². The number of rotatable bonds is 3. The molecule has 1 saturated heterocycles. The number of carbonyl (C=O) groups is 1. The maximum absolute atomic E-state index is 11.6. The highest BCUT2D eigenvalue weighted by Crippen LogP contribution is 2.30. The summed E-state index contributed by atoms with van der Waals surface area (Å²) in [5.74, 6) is -0.319. The van der Waals surface area contributed by atoms with Crippen LogP contribution in [0.5, 0.6) is 0 Å². The minimum atomic E-state index is -0.319. The molecule has 1 aliphatic heterocycles. The van der Waals surface area contributed by atoms with Gasteiger partial charge in [-0.05, 0) is 20.3 Å². The molecule has 0 spiro atoms. The fraction of sp³-hybridized carbons (Fsp3) is 0.667. The summed E-state index contributed by atoms with van der Waals surface area (Å²) in [5, 5.41) is 0.843. The van der Waals surface area contributed by atoms with Crippen LogP contribution >= 0.6 is 11.3 Å². The fourth-order valence-electron chi connectivity index (χ4n) is 2.19. The summed E-state index contributed by atoms with van der Waals surface area (Å²) in [6, 6.07) is 0.320. The average molecular weight is 270 g/mol. The lowest BCUT2D eigenvalue weighted by Gasteiger charge is -2.25. The van der Waals surface area contributed by atoms with E-state index in [1.165, 1.54) is 18.4 Å². The molecule has 2 rings (SSSR count). The largest absolute Gasteiger partial charge is 0.465 e. The molecular weight excluding hydrogens is 252 g/mol. The Morgan fingerprint density at radius 1 is 1.61 bits per heavy atom. The Hall–Kier alpha value is -1.14. The van der Waals surface area contributed by atoms with Gasteiger partial charge >= 0.3 is 5.97 Å². The molecule has 0 N–H and O–H groups in total. The van der Waals surface area contributed by atoms with E-state index in [1.807, 2.05) is 14.0 Å². The van der Waals surface area contributed by atoms with Crippen LogP contribution in [0.25, 0.3) is 0 Å². The van der Waals surface area contributed by atoms with Gasteiger partial charge in [0.05, 0.1) is 24.9 Å². The van der Waals surface area contributed by atoms with Gasteiger partial charge < -0.3 is 14.4 Å². The van der Waals surface area contributed by atoms with Crippen LogP contribution in [0.1, 0.15) is 28.7 Å². The normalized spacial score (nSPS) is 23.1. The second-order valence-electron chi connectivity index (χ2n) is 4.45. The monoisotopic (exact) mass is 270 g/mol. The highest BCUT2D eigenvalue weighted by Gasteiger charge is 2.30. The Morgan fingerprint density at radius 2 is 2.33 bits per heavy atom. The number of aryl methyl sites for hydroxylation is 1. The highest BCUT2D eigenvalue weighted by atomic mass is 32.1. The van der Waals surface area contributed by atoms with Crippen LogP contribution in [0, 0.1) is 6.92 Å². The summed E-state index contributed by atoms with van der Waals surface area (Å²) in [5.41, 5.74) is 0.722. The first kappa shape index (κ1) is 13.3. The van der Waals surface area contributed by atoms with Gasteiger partial charge in [-0.15, -0.1) is 0 Å². The number of thiazole rings is 1. The third-order valence-electron chi connectivity index (χ3n) is 3.29. The molecule has 0 amide bonds. The Morgan fingerprint density at radius 3 is 2.89 bits per heavy atom. The van der Waals surface area contributed by atoms with Gasteiger partial charge in [0.1, 0.15) is 4.88 Å². The molecule has 1 aliphatic rings. The standard InChI is InChI=1S/C12H18N2O3S/c1-7-10(11(15)16-4)18-12(13-7)14(3)9-5-6-17-8(9)2/h8-9H,5-6H2,1-4H3. The van der Waals surface area contributed by atoms with Crippen LogP contribution in [-0.4, -0.2) is 43.9 Å². The SMILES string of the molecule is COC(=O)c1sc(N(C)C2CCOC2C)nc1C. The maximum Gasteiger partial charge on any atom is 0.350 e. The molecule has 0 bridgehead atoms. The van der Waals surface area contributed by atoms with Gasteiger partial charge in [-0.1, -0.05) is 11.3 Å². The zero-order valence-corrected chi connectivity index (χ0v) is 11.9. The fourth-order valence-corrected chi connectivity index (χ4v) is 3.19. The second kappa shape index (κ2) is 5.24. The average Bonchev–Trinajstić information content (AvgIpc) is 2.93. The molecule has 1 fully saturated rings. The van der Waals surface area contributed by atoms with Crippen molar-refractivity contribution in [3.8, 4) is 0 Å². The predicted octanol–water partition coefficient (Wildman–Crippen LogP) is 1.85. The lowest BCUT2D eigenvalue weighted by molar-refractivity contribution is 0.0605. The van der Waals surface area contributed by atoms with Crippen LogP contribution in [0.15, 0.2) is 0 Å². The highest BCUT2D eigenvalue weighted by molar-refractivity contribution is 7.17. The van der Waals surface area contributed by atoms with E-state index in [1.54, 1.807) is 0 Å². The number of carbonyl (C=O) groups excluding carboxylic acids is 1. The number of hydrogen-bond acceptors (Lipinski definition) is 6. The van der Waals surface area contributed by atoms with Crippen LogP contribution in [0.4, 0.5) is 5.13 Å². The zero-order valence-electron chi connectivity index (χ0n) is 11.1. The van der Waals surface area contributed by atoms with E-state index in [0.29, 0.717) is 10.9 Å². The van der Waals surface area contributed by atoms with E-state index in [9.17, 15) is 4.79 Å². The van der Waals surface area contributed by atoms with Gasteiger partial charge in [0, 0.05) is 13.7 Å². The predicted molar refractivity (Wildman–Crippen MR) is 70.4 cm³/mol. The van der Waals surface area contributed by atoms with Crippen molar-refractivity contribution in [3.05, 3.63) is 10.6 Å². The van der Waals surface area contributed by atoms with E-state index < -0.39 is 0 Å². The van der Waals surface area contributed by atoms with E-state index in [-0.39, 0.29) is 12.1 Å². The number of nitrogens with zero attached hydrogens (tertiary/aromatic N) is 2. The number of aromatic nitrogens is 1. The number of hydrogen-bond donors (Lipinski definition) is 0. The molecule has 100 valence electrons. The molecular formula is C12H18N2O3S. The third kappa shape index (κ3) is 2.35. The molecule has 2 atom stereocenters. The minimum absolute atomic E-state index is 0.195. The molecule has 1 aromatic heterocycles. The van der Waals surface area contributed by atoms with Crippen molar-refractivity contribution in [1.29, 1.82) is 0 Å². The van der Waals surface area contributed by atoms with E-state index in [2.05, 4.69) is 16.8 Å². The Labute approximate surface area is 111 Å². The second-order valence-corrected chi connectivity index (χ2v) is 5.42. The first-order valence-corrected chi connectivity index (χ1v) is 6.76. The summed E-state index contributed by atoms with van der Waals surface area (Å²) in [6.07, 6.45) is 1.19. The van der Waals surface area contributed by atoms with Crippen molar-refractivity contribution in [3.63, 3.8) is 0 Å². The first-order valence-electron chi connectivity index (χ1n) is 5.94. The Kier molecular flexibility index (Phi) is 3.87. The summed E-state index contributed by atoms with van der Waals surface area (Å²) in [7, 11) is 3.38. The molecule has 0 saturated carbocycles. The van der Waals surface area contributed by atoms with Crippen LogP contribution in [0.3, 0.4) is 0 Å². The van der Waals surface area contributed by atoms with Gasteiger partial charge in [0.15, 0.2) is 5.13 Å². The third-order valence-corrected chi connectivity index (χ3v) is 4.52. The molecule has 0 radical (unpaired) electrons.